The highest BCUT2D eigenvalue weighted by atomic mass is 16.5. The fourth-order valence-electron chi connectivity index (χ4n) is 4.18. The topological polar surface area (TPSA) is 75.6 Å². The van der Waals surface area contributed by atoms with E-state index in [1.807, 2.05) is 48.5 Å². The number of alkyl carbamates (subject to hydrolysis) is 1. The molecule has 0 saturated carbocycles. The van der Waals surface area contributed by atoms with Crippen LogP contribution >= 0.6 is 0 Å². The molecule has 0 heterocycles. The Labute approximate surface area is 188 Å². The fourth-order valence-corrected chi connectivity index (χ4v) is 4.18. The summed E-state index contributed by atoms with van der Waals surface area (Å²) >= 11 is 0. The van der Waals surface area contributed by atoms with Gasteiger partial charge in [-0.3, -0.25) is 4.79 Å². The lowest BCUT2D eigenvalue weighted by Crippen LogP contribution is -2.26. The number of carbonyl (C=O) groups is 2. The number of amides is 1. The number of hydrogen-bond donors (Lipinski definition) is 2. The number of nitrogens with one attached hydrogen (secondary N) is 1. The minimum Gasteiger partial charge on any atom is -0.481 e. The van der Waals surface area contributed by atoms with E-state index in [0.29, 0.717) is 13.0 Å². The summed E-state index contributed by atoms with van der Waals surface area (Å²) in [5.74, 6) is -0.788. The Kier molecular flexibility index (Phi) is 5.99. The van der Waals surface area contributed by atoms with E-state index in [1.54, 1.807) is 13.8 Å². The van der Waals surface area contributed by atoms with Crippen molar-refractivity contribution in [3.05, 3.63) is 95.1 Å². The maximum atomic E-state index is 12.3. The molecule has 5 nitrogen and oxygen atoms in total. The van der Waals surface area contributed by atoms with E-state index in [2.05, 4.69) is 29.6 Å². The zero-order valence-corrected chi connectivity index (χ0v) is 18.3. The van der Waals surface area contributed by atoms with E-state index in [9.17, 15) is 14.7 Å². The second kappa shape index (κ2) is 8.87. The van der Waals surface area contributed by atoms with E-state index in [1.165, 1.54) is 22.3 Å². The number of carboxylic acid groups (broad SMARTS) is 1. The monoisotopic (exact) mass is 429 g/mol. The van der Waals surface area contributed by atoms with E-state index < -0.39 is 17.5 Å². The van der Waals surface area contributed by atoms with Crippen molar-refractivity contribution in [1.82, 2.24) is 5.32 Å². The second-order valence-electron chi connectivity index (χ2n) is 8.86. The third-order valence-corrected chi connectivity index (χ3v) is 6.03. The van der Waals surface area contributed by atoms with Gasteiger partial charge < -0.3 is 15.2 Å². The van der Waals surface area contributed by atoms with Crippen molar-refractivity contribution in [1.29, 1.82) is 0 Å². The Balaban J connectivity index is 1.32. The van der Waals surface area contributed by atoms with Gasteiger partial charge in [0.15, 0.2) is 0 Å². The van der Waals surface area contributed by atoms with Gasteiger partial charge >= 0.3 is 12.1 Å². The van der Waals surface area contributed by atoms with Gasteiger partial charge in [0, 0.05) is 12.5 Å². The first kappa shape index (κ1) is 21.6. The summed E-state index contributed by atoms with van der Waals surface area (Å²) in [4.78, 5) is 23.6. The third-order valence-electron chi connectivity index (χ3n) is 6.03. The molecule has 0 spiro atoms. The zero-order valence-electron chi connectivity index (χ0n) is 18.3. The van der Waals surface area contributed by atoms with Crippen LogP contribution in [0.3, 0.4) is 0 Å². The molecule has 3 aromatic rings. The van der Waals surface area contributed by atoms with Gasteiger partial charge in [-0.15, -0.1) is 0 Å². The van der Waals surface area contributed by atoms with Crippen LogP contribution in [-0.2, 0) is 22.5 Å². The van der Waals surface area contributed by atoms with Gasteiger partial charge in [-0.05, 0) is 53.6 Å². The molecule has 1 amide bonds. The Morgan fingerprint density at radius 1 is 0.875 bits per heavy atom. The zero-order chi connectivity index (χ0) is 22.7. The fraction of sp³-hybridized carbons (Fsp3) is 0.259. The van der Waals surface area contributed by atoms with E-state index in [4.69, 9.17) is 4.74 Å². The number of carbonyl (C=O) groups excluding carboxylic acids is 1. The molecule has 0 radical (unpaired) electrons. The van der Waals surface area contributed by atoms with Crippen LogP contribution in [0, 0.1) is 5.41 Å². The van der Waals surface area contributed by atoms with Gasteiger partial charge in [0.05, 0.1) is 5.41 Å². The molecular weight excluding hydrogens is 402 g/mol. The van der Waals surface area contributed by atoms with Crippen LogP contribution in [-0.4, -0.2) is 23.8 Å². The molecule has 3 aromatic carbocycles. The lowest BCUT2D eigenvalue weighted by atomic mass is 9.86. The quantitative estimate of drug-likeness (QED) is 0.529. The van der Waals surface area contributed by atoms with Crippen LogP contribution < -0.4 is 5.32 Å². The molecule has 1 aliphatic carbocycles. The summed E-state index contributed by atoms with van der Waals surface area (Å²) in [6, 6.07) is 24.1. The van der Waals surface area contributed by atoms with Crippen molar-refractivity contribution in [3.8, 4) is 11.1 Å². The summed E-state index contributed by atoms with van der Waals surface area (Å²) in [5, 5.41) is 12.1. The molecule has 0 saturated heterocycles. The first-order valence-electron chi connectivity index (χ1n) is 10.8. The van der Waals surface area contributed by atoms with Gasteiger partial charge in [0.25, 0.3) is 0 Å². The lowest BCUT2D eigenvalue weighted by molar-refractivity contribution is -0.146. The minimum absolute atomic E-state index is 0.0324. The largest absolute Gasteiger partial charge is 0.481 e. The summed E-state index contributed by atoms with van der Waals surface area (Å²) < 4.78 is 5.56. The van der Waals surface area contributed by atoms with Gasteiger partial charge in [-0.1, -0.05) is 72.8 Å². The van der Waals surface area contributed by atoms with Crippen LogP contribution in [0.2, 0.25) is 0 Å². The summed E-state index contributed by atoms with van der Waals surface area (Å²) in [5.41, 5.74) is 5.81. The predicted molar refractivity (Wildman–Crippen MR) is 123 cm³/mol. The molecule has 0 aromatic heterocycles. The number of hydrogen-bond acceptors (Lipinski definition) is 3. The Morgan fingerprint density at radius 3 is 1.97 bits per heavy atom. The number of carboxylic acids is 1. The Bertz CT molecular complexity index is 1090. The van der Waals surface area contributed by atoms with Crippen molar-refractivity contribution < 1.29 is 19.4 Å². The highest BCUT2D eigenvalue weighted by molar-refractivity contribution is 5.79. The molecular formula is C27H27NO4. The van der Waals surface area contributed by atoms with Crippen molar-refractivity contribution in [3.63, 3.8) is 0 Å². The number of benzene rings is 3. The minimum atomic E-state index is -0.821. The number of rotatable bonds is 7. The van der Waals surface area contributed by atoms with E-state index in [-0.39, 0.29) is 12.5 Å². The van der Waals surface area contributed by atoms with Gasteiger partial charge in [0.2, 0.25) is 0 Å². The molecule has 4 rings (SSSR count). The van der Waals surface area contributed by atoms with Crippen LogP contribution in [0.1, 0.15) is 42.0 Å². The van der Waals surface area contributed by atoms with Crippen molar-refractivity contribution >= 4 is 12.1 Å². The maximum Gasteiger partial charge on any atom is 0.407 e. The van der Waals surface area contributed by atoms with E-state index >= 15 is 0 Å². The van der Waals surface area contributed by atoms with Crippen LogP contribution in [0.5, 0.6) is 0 Å². The van der Waals surface area contributed by atoms with Crippen molar-refractivity contribution in [2.75, 3.05) is 6.61 Å². The molecule has 32 heavy (non-hydrogen) atoms. The first-order chi connectivity index (χ1) is 15.3. The van der Waals surface area contributed by atoms with Gasteiger partial charge in [-0.2, -0.15) is 0 Å². The smallest absolute Gasteiger partial charge is 0.407 e. The van der Waals surface area contributed by atoms with Gasteiger partial charge in [-0.25, -0.2) is 4.79 Å². The van der Waals surface area contributed by atoms with Crippen molar-refractivity contribution in [2.24, 2.45) is 5.41 Å². The molecule has 5 heteroatoms. The summed E-state index contributed by atoms with van der Waals surface area (Å²) in [6.45, 7) is 4.05. The highest BCUT2D eigenvalue weighted by Gasteiger charge is 2.29. The molecule has 0 atom stereocenters. The van der Waals surface area contributed by atoms with Crippen LogP contribution in [0.25, 0.3) is 11.1 Å². The summed E-state index contributed by atoms with van der Waals surface area (Å²) in [6.07, 6.45) is -0.00876. The molecule has 0 fully saturated rings. The van der Waals surface area contributed by atoms with Gasteiger partial charge in [0.1, 0.15) is 6.61 Å². The predicted octanol–water partition coefficient (Wildman–Crippen LogP) is 5.38. The molecule has 0 aliphatic heterocycles. The van der Waals surface area contributed by atoms with Crippen LogP contribution in [0.4, 0.5) is 4.79 Å². The maximum absolute atomic E-state index is 12.3. The summed E-state index contributed by atoms with van der Waals surface area (Å²) in [7, 11) is 0. The van der Waals surface area contributed by atoms with Crippen molar-refractivity contribution in [2.45, 2.75) is 32.7 Å². The molecule has 164 valence electrons. The van der Waals surface area contributed by atoms with E-state index in [0.717, 1.165) is 11.1 Å². The highest BCUT2D eigenvalue weighted by Crippen LogP contribution is 2.44. The lowest BCUT2D eigenvalue weighted by Gasteiger charge is -2.19. The van der Waals surface area contributed by atoms with Crippen LogP contribution in [0.15, 0.2) is 72.8 Å². The first-order valence-corrected chi connectivity index (χ1v) is 10.8. The molecule has 2 N–H and O–H groups in total. The number of aliphatic carboxylic acids is 1. The molecule has 1 aliphatic rings. The number of fused-ring (bicyclic) bond motifs is 3. The number of ether oxygens (including phenoxy) is 1. The standard InChI is InChI=1S/C27H27NO4/c1-27(2,25(29)30)15-18-11-13-19(14-12-18)16-28-26(31)32-17-24-22-9-5-3-7-20(22)21-8-4-6-10-23(21)24/h3-14,24H,15-17H2,1-2H3,(H,28,31)(H,29,30). The third kappa shape index (κ3) is 4.52. The molecule has 0 bridgehead atoms. The second-order valence-corrected chi connectivity index (χ2v) is 8.86. The molecule has 0 unspecified atom stereocenters. The SMILES string of the molecule is CC(C)(Cc1ccc(CNC(=O)OCC2c3ccccc3-c3ccccc32)cc1)C(=O)O. The Hall–Kier alpha value is -3.60. The Morgan fingerprint density at radius 2 is 1.41 bits per heavy atom. The average molecular weight is 430 g/mol. The average Bonchev–Trinajstić information content (AvgIpc) is 3.11. The normalized spacial score (nSPS) is 12.7.